The summed E-state index contributed by atoms with van der Waals surface area (Å²) in [6.45, 7) is 3.49. The fraction of sp³-hybridized carbons (Fsp3) is 0.333. The zero-order valence-corrected chi connectivity index (χ0v) is 13.0. The van der Waals surface area contributed by atoms with Gasteiger partial charge in [0, 0.05) is 10.9 Å². The fourth-order valence-electron chi connectivity index (χ4n) is 2.47. The molecular weight excluding hydrogens is 338 g/mol. The number of nitrogens with one attached hydrogen (secondary N) is 1. The summed E-state index contributed by atoms with van der Waals surface area (Å²) in [6, 6.07) is 5.73. The van der Waals surface area contributed by atoms with Gasteiger partial charge in [-0.3, -0.25) is 0 Å². The van der Waals surface area contributed by atoms with E-state index in [4.69, 9.17) is 4.74 Å². The van der Waals surface area contributed by atoms with E-state index in [9.17, 15) is 14.7 Å². The molecule has 0 fully saturated rings. The van der Waals surface area contributed by atoms with Gasteiger partial charge in [-0.15, -0.1) is 0 Å². The van der Waals surface area contributed by atoms with Gasteiger partial charge in [0.05, 0.1) is 0 Å². The number of alkyl carbamates (subject to hydrolysis) is 1. The topological polar surface area (TPSA) is 75.6 Å². The Morgan fingerprint density at radius 3 is 2.90 bits per heavy atom. The number of carbonyl (C=O) groups excluding carboxylic acids is 1. The zero-order chi connectivity index (χ0) is 15.5. The molecular formula is C15H16BrNO4. The highest BCUT2D eigenvalue weighted by Crippen LogP contribution is 2.31. The number of halogens is 1. The van der Waals surface area contributed by atoms with Crippen molar-refractivity contribution in [2.75, 3.05) is 6.61 Å². The van der Waals surface area contributed by atoms with Crippen LogP contribution in [0.2, 0.25) is 0 Å². The maximum absolute atomic E-state index is 11.7. The first-order valence-electron chi connectivity index (χ1n) is 6.53. The first-order chi connectivity index (χ1) is 9.97. The van der Waals surface area contributed by atoms with Crippen molar-refractivity contribution in [1.29, 1.82) is 0 Å². The molecule has 1 amide bonds. The van der Waals surface area contributed by atoms with Crippen molar-refractivity contribution in [3.63, 3.8) is 0 Å². The van der Waals surface area contributed by atoms with Gasteiger partial charge in [-0.2, -0.15) is 0 Å². The summed E-state index contributed by atoms with van der Waals surface area (Å²) < 4.78 is 5.80. The van der Waals surface area contributed by atoms with Crippen molar-refractivity contribution < 1.29 is 19.4 Å². The smallest absolute Gasteiger partial charge is 0.408 e. The number of hydrogen-bond donors (Lipinski definition) is 2. The minimum absolute atomic E-state index is 0.0467. The number of carbonyl (C=O) groups is 2. The third-order valence-corrected chi connectivity index (χ3v) is 4.06. The SMILES string of the molecule is C=CCOC(=O)NC1(C(=O)O)CCc2cc(Br)ccc2C1. The number of aliphatic carboxylic acids is 1. The molecule has 0 aliphatic heterocycles. The van der Waals surface area contributed by atoms with E-state index in [1.807, 2.05) is 18.2 Å². The van der Waals surface area contributed by atoms with Gasteiger partial charge in [0.2, 0.25) is 0 Å². The lowest BCUT2D eigenvalue weighted by molar-refractivity contribution is -0.145. The van der Waals surface area contributed by atoms with Crippen molar-refractivity contribution in [2.45, 2.75) is 24.8 Å². The Hall–Kier alpha value is -1.82. The molecule has 0 bridgehead atoms. The summed E-state index contributed by atoms with van der Waals surface area (Å²) in [6.07, 6.45) is 1.85. The van der Waals surface area contributed by atoms with E-state index < -0.39 is 17.6 Å². The fourth-order valence-corrected chi connectivity index (χ4v) is 2.88. The van der Waals surface area contributed by atoms with Gasteiger partial charge >= 0.3 is 12.1 Å². The molecule has 2 rings (SSSR count). The van der Waals surface area contributed by atoms with Crippen molar-refractivity contribution in [3.8, 4) is 0 Å². The molecule has 6 heteroatoms. The number of benzene rings is 1. The Bertz CT molecular complexity index is 587. The maximum Gasteiger partial charge on any atom is 0.408 e. The van der Waals surface area contributed by atoms with Gasteiger partial charge in [0.25, 0.3) is 0 Å². The third-order valence-electron chi connectivity index (χ3n) is 3.56. The number of aryl methyl sites for hydroxylation is 1. The molecule has 0 saturated carbocycles. The molecule has 2 N–H and O–H groups in total. The first kappa shape index (κ1) is 15.6. The number of carboxylic acid groups (broad SMARTS) is 1. The molecule has 5 nitrogen and oxygen atoms in total. The van der Waals surface area contributed by atoms with E-state index in [0.29, 0.717) is 12.8 Å². The Morgan fingerprint density at radius 1 is 1.48 bits per heavy atom. The Kier molecular flexibility index (Phi) is 4.67. The van der Waals surface area contributed by atoms with Crippen LogP contribution >= 0.6 is 15.9 Å². The zero-order valence-electron chi connectivity index (χ0n) is 11.4. The van der Waals surface area contributed by atoms with Crippen LogP contribution in [-0.2, 0) is 22.4 Å². The van der Waals surface area contributed by atoms with Gasteiger partial charge in [-0.1, -0.05) is 34.7 Å². The second-order valence-corrected chi connectivity index (χ2v) is 5.90. The molecule has 1 aliphatic rings. The minimum atomic E-state index is -1.32. The Morgan fingerprint density at radius 2 is 2.24 bits per heavy atom. The van der Waals surface area contributed by atoms with Gasteiger partial charge in [-0.05, 0) is 36.1 Å². The normalized spacial score (nSPS) is 20.2. The van der Waals surface area contributed by atoms with E-state index in [-0.39, 0.29) is 13.0 Å². The summed E-state index contributed by atoms with van der Waals surface area (Å²) in [7, 11) is 0. The molecule has 21 heavy (non-hydrogen) atoms. The Balaban J connectivity index is 2.21. The lowest BCUT2D eigenvalue weighted by Gasteiger charge is -2.34. The molecule has 0 spiro atoms. The quantitative estimate of drug-likeness (QED) is 0.816. The molecule has 1 unspecified atom stereocenters. The van der Waals surface area contributed by atoms with Crippen molar-refractivity contribution in [2.24, 2.45) is 0 Å². The van der Waals surface area contributed by atoms with Gasteiger partial charge in [0.15, 0.2) is 0 Å². The summed E-state index contributed by atoms with van der Waals surface area (Å²) in [5.41, 5.74) is 0.706. The molecule has 1 atom stereocenters. The first-order valence-corrected chi connectivity index (χ1v) is 7.33. The van der Waals surface area contributed by atoms with Crippen LogP contribution in [0.3, 0.4) is 0 Å². The van der Waals surface area contributed by atoms with Crippen molar-refractivity contribution in [1.82, 2.24) is 5.32 Å². The summed E-state index contributed by atoms with van der Waals surface area (Å²) in [5.74, 6) is -1.05. The highest BCUT2D eigenvalue weighted by Gasteiger charge is 2.43. The molecule has 0 heterocycles. The molecule has 0 saturated heterocycles. The van der Waals surface area contributed by atoms with E-state index in [0.717, 1.165) is 15.6 Å². The lowest BCUT2D eigenvalue weighted by Crippen LogP contribution is -2.57. The molecule has 1 aromatic rings. The van der Waals surface area contributed by atoms with E-state index in [1.165, 1.54) is 6.08 Å². The number of amides is 1. The number of fused-ring (bicyclic) bond motifs is 1. The van der Waals surface area contributed by atoms with Crippen LogP contribution in [-0.4, -0.2) is 29.3 Å². The van der Waals surface area contributed by atoms with Crippen LogP contribution in [0.4, 0.5) is 4.79 Å². The van der Waals surface area contributed by atoms with Crippen LogP contribution in [0, 0.1) is 0 Å². The van der Waals surface area contributed by atoms with Crippen LogP contribution in [0.1, 0.15) is 17.5 Å². The standard InChI is InChI=1S/C15H16BrNO4/c1-2-7-21-14(20)17-15(13(18)19)6-5-10-8-12(16)4-3-11(10)9-15/h2-4,8H,1,5-7,9H2,(H,17,20)(H,18,19). The highest BCUT2D eigenvalue weighted by atomic mass is 79.9. The largest absolute Gasteiger partial charge is 0.479 e. The molecule has 0 radical (unpaired) electrons. The van der Waals surface area contributed by atoms with Gasteiger partial charge < -0.3 is 15.2 Å². The monoisotopic (exact) mass is 353 g/mol. The number of rotatable bonds is 4. The van der Waals surface area contributed by atoms with E-state index in [2.05, 4.69) is 27.8 Å². The highest BCUT2D eigenvalue weighted by molar-refractivity contribution is 9.10. The maximum atomic E-state index is 11.7. The second-order valence-electron chi connectivity index (χ2n) is 4.99. The third kappa shape index (κ3) is 3.44. The van der Waals surface area contributed by atoms with Gasteiger partial charge in [0.1, 0.15) is 12.1 Å². The second kappa shape index (κ2) is 6.30. The minimum Gasteiger partial charge on any atom is -0.479 e. The van der Waals surface area contributed by atoms with Crippen molar-refractivity contribution >= 4 is 28.0 Å². The number of hydrogen-bond acceptors (Lipinski definition) is 3. The van der Waals surface area contributed by atoms with Gasteiger partial charge in [-0.25, -0.2) is 9.59 Å². The average molecular weight is 354 g/mol. The number of carboxylic acids is 1. The van der Waals surface area contributed by atoms with Crippen LogP contribution in [0.15, 0.2) is 35.3 Å². The molecule has 1 aromatic carbocycles. The van der Waals surface area contributed by atoms with E-state index in [1.54, 1.807) is 0 Å². The van der Waals surface area contributed by atoms with Crippen LogP contribution < -0.4 is 5.32 Å². The van der Waals surface area contributed by atoms with Crippen molar-refractivity contribution in [3.05, 3.63) is 46.5 Å². The van der Waals surface area contributed by atoms with Crippen LogP contribution in [0.5, 0.6) is 0 Å². The summed E-state index contributed by atoms with van der Waals surface area (Å²) >= 11 is 3.40. The molecule has 1 aliphatic carbocycles. The predicted octanol–water partition coefficient (Wildman–Crippen LogP) is 2.67. The molecule has 0 aromatic heterocycles. The van der Waals surface area contributed by atoms with E-state index >= 15 is 0 Å². The summed E-state index contributed by atoms with van der Waals surface area (Å²) in [4.78, 5) is 23.4. The van der Waals surface area contributed by atoms with Crippen LogP contribution in [0.25, 0.3) is 0 Å². The lowest BCUT2D eigenvalue weighted by atomic mass is 9.78. The Labute approximate surface area is 131 Å². The molecule has 112 valence electrons. The average Bonchev–Trinajstić information content (AvgIpc) is 2.45. The predicted molar refractivity (Wildman–Crippen MR) is 81.2 cm³/mol. The summed E-state index contributed by atoms with van der Waals surface area (Å²) in [5, 5.41) is 12.0. The number of ether oxygens (including phenoxy) is 1.